The lowest BCUT2D eigenvalue weighted by molar-refractivity contribution is 0.0600. The van der Waals surface area contributed by atoms with E-state index in [4.69, 9.17) is 5.11 Å². The Labute approximate surface area is 195 Å². The third-order valence-corrected chi connectivity index (χ3v) is 5.64. The Morgan fingerprint density at radius 3 is 1.71 bits per heavy atom. The van der Waals surface area contributed by atoms with E-state index in [1.807, 2.05) is 6.20 Å². The van der Waals surface area contributed by atoms with Crippen LogP contribution < -0.4 is 11.1 Å². The normalized spacial score (nSPS) is 11.0. The number of carboxylic acid groups (broad SMARTS) is 1. The molecule has 35 heavy (non-hydrogen) atoms. The van der Waals surface area contributed by atoms with Crippen LogP contribution in [0.25, 0.3) is 33.1 Å². The maximum Gasteiger partial charge on any atom is 0.337 e. The number of rotatable bonds is 2. The lowest BCUT2D eigenvalue weighted by Gasteiger charge is -2.04. The zero-order valence-corrected chi connectivity index (χ0v) is 18.3. The molecule has 0 fully saturated rings. The molecule has 4 aromatic heterocycles. The van der Waals surface area contributed by atoms with Crippen molar-refractivity contribution in [1.82, 2.24) is 18.8 Å². The fourth-order valence-electron chi connectivity index (χ4n) is 4.00. The van der Waals surface area contributed by atoms with Gasteiger partial charge in [-0.25, -0.2) is 9.59 Å². The van der Waals surface area contributed by atoms with Crippen molar-refractivity contribution >= 4 is 45.0 Å². The van der Waals surface area contributed by atoms with Gasteiger partial charge in [-0.05, 0) is 60.7 Å². The van der Waals surface area contributed by atoms with Crippen molar-refractivity contribution in [2.75, 3.05) is 7.11 Å². The first-order chi connectivity index (χ1) is 16.9. The molecule has 0 saturated heterocycles. The van der Waals surface area contributed by atoms with Gasteiger partial charge in [0.1, 0.15) is 11.0 Å². The Morgan fingerprint density at radius 1 is 0.743 bits per heavy atom. The molecule has 0 aliphatic carbocycles. The van der Waals surface area contributed by atoms with E-state index in [1.54, 1.807) is 63.5 Å². The zero-order chi connectivity index (χ0) is 24.7. The summed E-state index contributed by atoms with van der Waals surface area (Å²) < 4.78 is 8.17. The van der Waals surface area contributed by atoms with Crippen LogP contribution in [0.15, 0.2) is 82.6 Å². The number of esters is 1. The highest BCUT2D eigenvalue weighted by molar-refractivity contribution is 5.94. The summed E-state index contributed by atoms with van der Waals surface area (Å²) in [5.41, 5.74) is 3.99. The molecule has 0 saturated carbocycles. The number of ether oxygens (including phenoxy) is 1. The van der Waals surface area contributed by atoms with Gasteiger partial charge in [0.2, 0.25) is 0 Å². The molecule has 0 unspecified atom stereocenters. The standard InChI is InChI=1S/C13H10N2O3.C12H8N2O3/c1-18-13(17)8-4-5-10-9(7-8)14-12(16)11-3-2-6-15(10)11;15-11-10-2-1-5-14(10)9-4-3-7(12(16)17)6-8(9)13-11/h2-7H,1H3,(H,14,16);1-6H,(H,13,15)(H,16,17). The summed E-state index contributed by atoms with van der Waals surface area (Å²) in [6.45, 7) is 0. The van der Waals surface area contributed by atoms with Gasteiger partial charge in [-0.3, -0.25) is 9.59 Å². The van der Waals surface area contributed by atoms with Gasteiger partial charge < -0.3 is 28.6 Å². The van der Waals surface area contributed by atoms with E-state index >= 15 is 0 Å². The number of aromatic carboxylic acids is 1. The third-order valence-electron chi connectivity index (χ3n) is 5.64. The topological polar surface area (TPSA) is 138 Å². The maximum atomic E-state index is 11.8. The predicted octanol–water partition coefficient (Wildman–Crippen LogP) is 3.05. The number of H-pyrrole nitrogens is 2. The monoisotopic (exact) mass is 470 g/mol. The van der Waals surface area contributed by atoms with Crippen LogP contribution in [-0.2, 0) is 4.74 Å². The van der Waals surface area contributed by atoms with E-state index in [1.165, 1.54) is 19.2 Å². The minimum absolute atomic E-state index is 0.152. The number of carbonyl (C=O) groups excluding carboxylic acids is 1. The number of nitrogens with one attached hydrogen (secondary N) is 2. The zero-order valence-electron chi connectivity index (χ0n) is 18.3. The van der Waals surface area contributed by atoms with Crippen molar-refractivity contribution in [3.8, 4) is 0 Å². The molecular weight excluding hydrogens is 452 g/mol. The fourth-order valence-corrected chi connectivity index (χ4v) is 4.00. The average molecular weight is 470 g/mol. The number of carbonyl (C=O) groups is 2. The molecule has 10 heteroatoms. The summed E-state index contributed by atoms with van der Waals surface area (Å²) in [7, 11) is 1.32. The molecule has 0 amide bonds. The molecule has 6 rings (SSSR count). The van der Waals surface area contributed by atoms with Crippen molar-refractivity contribution < 1.29 is 19.4 Å². The van der Waals surface area contributed by atoms with Gasteiger partial charge in [-0.1, -0.05) is 0 Å². The quantitative estimate of drug-likeness (QED) is 0.333. The van der Waals surface area contributed by atoms with Crippen LogP contribution in [-0.4, -0.2) is 42.9 Å². The molecule has 10 nitrogen and oxygen atoms in total. The largest absolute Gasteiger partial charge is 0.478 e. The second-order valence-electron chi connectivity index (χ2n) is 7.70. The van der Waals surface area contributed by atoms with Crippen LogP contribution in [0.2, 0.25) is 0 Å². The molecule has 0 aliphatic rings. The van der Waals surface area contributed by atoms with E-state index in [9.17, 15) is 19.2 Å². The average Bonchev–Trinajstić information content (AvgIpc) is 3.54. The second-order valence-corrected chi connectivity index (χ2v) is 7.70. The lowest BCUT2D eigenvalue weighted by atomic mass is 10.2. The molecule has 0 aliphatic heterocycles. The molecule has 174 valence electrons. The molecular formula is C25H18N4O6. The summed E-state index contributed by atoms with van der Waals surface area (Å²) >= 11 is 0. The van der Waals surface area contributed by atoms with Crippen molar-refractivity contribution in [3.05, 3.63) is 105 Å². The first kappa shape index (κ1) is 21.7. The van der Waals surface area contributed by atoms with Crippen molar-refractivity contribution in [1.29, 1.82) is 0 Å². The summed E-state index contributed by atoms with van der Waals surface area (Å²) in [4.78, 5) is 51.2. The van der Waals surface area contributed by atoms with Gasteiger partial charge in [0.05, 0.1) is 40.3 Å². The van der Waals surface area contributed by atoms with Gasteiger partial charge in [0.15, 0.2) is 0 Å². The highest BCUT2D eigenvalue weighted by atomic mass is 16.5. The van der Waals surface area contributed by atoms with Crippen LogP contribution in [0.3, 0.4) is 0 Å². The van der Waals surface area contributed by atoms with Crippen LogP contribution in [0.4, 0.5) is 0 Å². The number of benzene rings is 2. The number of hydrogen-bond acceptors (Lipinski definition) is 5. The van der Waals surface area contributed by atoms with Crippen LogP contribution in [0, 0.1) is 0 Å². The van der Waals surface area contributed by atoms with E-state index < -0.39 is 11.9 Å². The Balaban J connectivity index is 0.000000145. The Kier molecular flexibility index (Phi) is 5.17. The third kappa shape index (κ3) is 3.72. The highest BCUT2D eigenvalue weighted by Gasteiger charge is 2.10. The smallest absolute Gasteiger partial charge is 0.337 e. The number of aromatic amines is 2. The van der Waals surface area contributed by atoms with Gasteiger partial charge in [0, 0.05) is 12.4 Å². The van der Waals surface area contributed by atoms with Gasteiger partial charge >= 0.3 is 11.9 Å². The molecule has 0 spiro atoms. The van der Waals surface area contributed by atoms with E-state index in [2.05, 4.69) is 14.7 Å². The molecule has 3 N–H and O–H groups in total. The maximum absolute atomic E-state index is 11.8. The molecule has 0 bridgehead atoms. The van der Waals surface area contributed by atoms with Gasteiger partial charge in [-0.15, -0.1) is 0 Å². The summed E-state index contributed by atoms with van der Waals surface area (Å²) in [6, 6.07) is 16.8. The van der Waals surface area contributed by atoms with E-state index in [0.29, 0.717) is 27.6 Å². The van der Waals surface area contributed by atoms with Crippen molar-refractivity contribution in [2.24, 2.45) is 0 Å². The van der Waals surface area contributed by atoms with Crippen LogP contribution >= 0.6 is 0 Å². The Hall–Kier alpha value is -5.12. The number of carboxylic acids is 1. The van der Waals surface area contributed by atoms with Crippen LogP contribution in [0.1, 0.15) is 20.7 Å². The molecule has 4 heterocycles. The molecule has 0 atom stereocenters. The van der Waals surface area contributed by atoms with Crippen LogP contribution in [0.5, 0.6) is 0 Å². The number of fused-ring (bicyclic) bond motifs is 6. The number of aromatic nitrogens is 4. The Bertz CT molecular complexity index is 1890. The fraction of sp³-hybridized carbons (Fsp3) is 0.0400. The minimum Gasteiger partial charge on any atom is -0.478 e. The highest BCUT2D eigenvalue weighted by Crippen LogP contribution is 2.16. The second kappa shape index (κ2) is 8.34. The number of methoxy groups -OCH3 is 1. The summed E-state index contributed by atoms with van der Waals surface area (Å²) in [6.07, 6.45) is 3.58. The minimum atomic E-state index is -1.01. The predicted molar refractivity (Wildman–Crippen MR) is 129 cm³/mol. The molecule has 0 radical (unpaired) electrons. The van der Waals surface area contributed by atoms with Gasteiger partial charge in [-0.2, -0.15) is 0 Å². The van der Waals surface area contributed by atoms with Crippen molar-refractivity contribution in [3.63, 3.8) is 0 Å². The number of nitrogens with zero attached hydrogens (tertiary/aromatic N) is 2. The Morgan fingerprint density at radius 2 is 1.23 bits per heavy atom. The SMILES string of the molecule is COC(=O)c1ccc2c(c1)[nH]c(=O)c1cccn12.O=C(O)c1ccc2c(c1)[nH]c(=O)c1cccn12. The van der Waals surface area contributed by atoms with E-state index in [0.717, 1.165) is 11.0 Å². The van der Waals surface area contributed by atoms with E-state index in [-0.39, 0.29) is 16.7 Å². The summed E-state index contributed by atoms with van der Waals surface area (Å²) in [5.74, 6) is -1.44. The first-order valence-corrected chi connectivity index (χ1v) is 10.5. The van der Waals surface area contributed by atoms with Gasteiger partial charge in [0.25, 0.3) is 11.1 Å². The first-order valence-electron chi connectivity index (χ1n) is 10.5. The summed E-state index contributed by atoms with van der Waals surface area (Å²) in [5, 5.41) is 8.89. The molecule has 2 aromatic carbocycles. The lowest BCUT2D eigenvalue weighted by Crippen LogP contribution is -2.10. The van der Waals surface area contributed by atoms with Crippen molar-refractivity contribution in [2.45, 2.75) is 0 Å². The molecule has 6 aromatic rings. The number of hydrogen-bond donors (Lipinski definition) is 3.